The first-order valence-corrected chi connectivity index (χ1v) is 11.3. The topological polar surface area (TPSA) is 61.0 Å². The highest BCUT2D eigenvalue weighted by Crippen LogP contribution is 2.45. The van der Waals surface area contributed by atoms with Gasteiger partial charge in [-0.15, -0.1) is 0 Å². The van der Waals surface area contributed by atoms with E-state index >= 15 is 0 Å². The Kier molecular flexibility index (Phi) is 4.89. The fourth-order valence-corrected chi connectivity index (χ4v) is 5.55. The van der Waals surface area contributed by atoms with Gasteiger partial charge in [0.05, 0.1) is 0 Å². The van der Waals surface area contributed by atoms with Crippen LogP contribution >= 0.6 is 0 Å². The van der Waals surface area contributed by atoms with Crippen LogP contribution in [-0.2, 0) is 11.8 Å². The normalized spacial score (nSPS) is 23.5. The Balaban J connectivity index is 1.42. The molecule has 5 rings (SSSR count). The van der Waals surface area contributed by atoms with Crippen LogP contribution in [0.4, 0.5) is 0 Å². The number of amides is 1. The second-order valence-corrected chi connectivity index (χ2v) is 10.4. The average molecular weight is 417 g/mol. The fraction of sp³-hybridized carbons (Fsp3) is 0.462. The molecule has 0 radical (unpaired) electrons. The second-order valence-electron chi connectivity index (χ2n) is 10.4. The minimum atomic E-state index is -0.0131. The summed E-state index contributed by atoms with van der Waals surface area (Å²) in [5.74, 6) is 0.918. The van der Waals surface area contributed by atoms with Crippen molar-refractivity contribution >= 4 is 16.8 Å². The van der Waals surface area contributed by atoms with Crippen molar-refractivity contribution in [2.75, 3.05) is 20.1 Å². The lowest BCUT2D eigenvalue weighted by Crippen LogP contribution is -2.50. The highest BCUT2D eigenvalue weighted by atomic mass is 16.1. The highest BCUT2D eigenvalue weighted by molar-refractivity contribution is 5.94. The highest BCUT2D eigenvalue weighted by Gasteiger charge is 2.40. The Hall–Kier alpha value is -2.66. The van der Waals surface area contributed by atoms with Crippen LogP contribution in [0.25, 0.3) is 10.9 Å². The van der Waals surface area contributed by atoms with Crippen LogP contribution in [0, 0.1) is 5.92 Å². The molecular formula is C26H32N4O. The third kappa shape index (κ3) is 3.65. The average Bonchev–Trinajstić information content (AvgIpc) is 3.16. The van der Waals surface area contributed by atoms with Gasteiger partial charge in [-0.1, -0.05) is 26.8 Å². The molecule has 2 N–H and O–H groups in total. The Bertz CT molecular complexity index is 1110. The lowest BCUT2D eigenvalue weighted by Gasteiger charge is -2.46. The van der Waals surface area contributed by atoms with Crippen molar-refractivity contribution in [1.82, 2.24) is 20.2 Å². The van der Waals surface area contributed by atoms with Gasteiger partial charge in [-0.25, -0.2) is 0 Å². The Labute approximate surface area is 184 Å². The van der Waals surface area contributed by atoms with Gasteiger partial charge in [-0.05, 0) is 66.1 Å². The van der Waals surface area contributed by atoms with Crippen molar-refractivity contribution in [3.63, 3.8) is 0 Å². The van der Waals surface area contributed by atoms with Gasteiger partial charge in [0.15, 0.2) is 0 Å². The molecular weight excluding hydrogens is 384 g/mol. The van der Waals surface area contributed by atoms with Gasteiger partial charge < -0.3 is 15.2 Å². The predicted octanol–water partition coefficient (Wildman–Crippen LogP) is 4.25. The number of fused-ring (bicyclic) bond motifs is 2. The van der Waals surface area contributed by atoms with Gasteiger partial charge in [0.25, 0.3) is 5.91 Å². The zero-order valence-corrected chi connectivity index (χ0v) is 18.9. The summed E-state index contributed by atoms with van der Waals surface area (Å²) in [7, 11) is 2.25. The van der Waals surface area contributed by atoms with Crippen LogP contribution in [0.3, 0.4) is 0 Å². The standard InChI is InChI=1S/C26H32N4O/c1-26(2,3)19-11-21-20-9-16(13-29-25(31)17-5-7-27-8-6-17)15-30(4)23(20)10-18-14-28-22(12-19)24(18)21/h5-8,11-12,14,16,20,23,28H,9-10,13,15H2,1-4H3,(H,29,31)/t16-,20?,23+/m0/s1. The summed E-state index contributed by atoms with van der Waals surface area (Å²) >= 11 is 0. The van der Waals surface area contributed by atoms with Gasteiger partial charge in [-0.2, -0.15) is 0 Å². The molecule has 3 atom stereocenters. The number of piperidine rings is 1. The molecule has 0 bridgehead atoms. The molecule has 3 aromatic rings. The number of hydrogen-bond acceptors (Lipinski definition) is 3. The van der Waals surface area contributed by atoms with Crippen molar-refractivity contribution in [3.8, 4) is 0 Å². The summed E-state index contributed by atoms with van der Waals surface area (Å²) in [5.41, 5.74) is 6.38. The molecule has 2 aliphatic rings. The summed E-state index contributed by atoms with van der Waals surface area (Å²) in [5, 5.41) is 4.59. The molecule has 1 unspecified atom stereocenters. The first kappa shape index (κ1) is 20.3. The molecule has 0 spiro atoms. The van der Waals surface area contributed by atoms with Crippen LogP contribution in [0.15, 0.2) is 42.9 Å². The van der Waals surface area contributed by atoms with Crippen LogP contribution in [0.1, 0.15) is 60.2 Å². The SMILES string of the molecule is CN1C[C@H](CNC(=O)c2ccncc2)CC2c3cc(C(C)(C)C)cc4[nH]cc(c34)C[C@H]21. The number of carbonyl (C=O) groups is 1. The van der Waals surface area contributed by atoms with Crippen LogP contribution in [-0.4, -0.2) is 47.0 Å². The minimum Gasteiger partial charge on any atom is -0.361 e. The van der Waals surface area contributed by atoms with E-state index < -0.39 is 0 Å². The quantitative estimate of drug-likeness (QED) is 0.671. The number of carbonyl (C=O) groups excluding carboxylic acids is 1. The van der Waals surface area contributed by atoms with Gasteiger partial charge >= 0.3 is 0 Å². The number of likely N-dealkylation sites (N-methyl/N-ethyl adjacent to an activating group) is 1. The number of nitrogens with one attached hydrogen (secondary N) is 2. The number of hydrogen-bond donors (Lipinski definition) is 2. The zero-order chi connectivity index (χ0) is 21.8. The molecule has 5 nitrogen and oxygen atoms in total. The van der Waals surface area contributed by atoms with Crippen molar-refractivity contribution in [3.05, 3.63) is 65.1 Å². The lowest BCUT2D eigenvalue weighted by molar-refractivity contribution is 0.0891. The summed E-state index contributed by atoms with van der Waals surface area (Å²) in [4.78, 5) is 22.6. The van der Waals surface area contributed by atoms with E-state index in [1.54, 1.807) is 24.5 Å². The Morgan fingerprint density at radius 2 is 2.03 bits per heavy atom. The molecule has 1 aromatic carbocycles. The summed E-state index contributed by atoms with van der Waals surface area (Å²) < 4.78 is 0. The van der Waals surface area contributed by atoms with E-state index in [9.17, 15) is 4.79 Å². The van der Waals surface area contributed by atoms with E-state index in [0.717, 1.165) is 19.4 Å². The zero-order valence-electron chi connectivity index (χ0n) is 18.9. The van der Waals surface area contributed by atoms with Crippen molar-refractivity contribution in [2.45, 2.75) is 51.0 Å². The molecule has 31 heavy (non-hydrogen) atoms. The molecule has 1 fully saturated rings. The smallest absolute Gasteiger partial charge is 0.251 e. The molecule has 0 saturated carbocycles. The van der Waals surface area contributed by atoms with Crippen molar-refractivity contribution < 1.29 is 4.79 Å². The fourth-order valence-electron chi connectivity index (χ4n) is 5.55. The van der Waals surface area contributed by atoms with Gasteiger partial charge in [-0.3, -0.25) is 9.78 Å². The Morgan fingerprint density at radius 1 is 1.26 bits per heavy atom. The first-order chi connectivity index (χ1) is 14.8. The monoisotopic (exact) mass is 416 g/mol. The third-order valence-electron chi connectivity index (χ3n) is 7.24. The largest absolute Gasteiger partial charge is 0.361 e. The van der Waals surface area contributed by atoms with Crippen LogP contribution in [0.2, 0.25) is 0 Å². The summed E-state index contributed by atoms with van der Waals surface area (Å²) in [6.07, 6.45) is 7.75. The molecule has 1 saturated heterocycles. The number of aromatic nitrogens is 2. The van der Waals surface area contributed by atoms with Crippen molar-refractivity contribution in [2.24, 2.45) is 5.92 Å². The van der Waals surface area contributed by atoms with E-state index in [1.807, 2.05) is 0 Å². The third-order valence-corrected chi connectivity index (χ3v) is 7.24. The van der Waals surface area contributed by atoms with Crippen molar-refractivity contribution in [1.29, 1.82) is 0 Å². The number of benzene rings is 1. The van der Waals surface area contributed by atoms with Crippen LogP contribution in [0.5, 0.6) is 0 Å². The maximum absolute atomic E-state index is 12.5. The number of likely N-dealkylation sites (tertiary alicyclic amines) is 1. The summed E-state index contributed by atoms with van der Waals surface area (Å²) in [6.45, 7) is 8.58. The number of nitrogens with zero attached hydrogens (tertiary/aromatic N) is 2. The number of rotatable bonds is 3. The van der Waals surface area contributed by atoms with Gasteiger partial charge in [0, 0.05) is 60.1 Å². The predicted molar refractivity (Wildman–Crippen MR) is 125 cm³/mol. The van der Waals surface area contributed by atoms with E-state index in [-0.39, 0.29) is 11.3 Å². The van der Waals surface area contributed by atoms with E-state index in [4.69, 9.17) is 0 Å². The van der Waals surface area contributed by atoms with Crippen LogP contribution < -0.4 is 5.32 Å². The van der Waals surface area contributed by atoms with E-state index in [1.165, 1.54) is 27.6 Å². The molecule has 1 aliphatic heterocycles. The first-order valence-electron chi connectivity index (χ1n) is 11.3. The molecule has 162 valence electrons. The molecule has 5 heteroatoms. The molecule has 1 aliphatic carbocycles. The van der Waals surface area contributed by atoms with Gasteiger partial charge in [0.2, 0.25) is 0 Å². The minimum absolute atomic E-state index is 0.0131. The Morgan fingerprint density at radius 3 is 2.77 bits per heavy atom. The second kappa shape index (κ2) is 7.49. The van der Waals surface area contributed by atoms with E-state index in [0.29, 0.717) is 30.0 Å². The maximum Gasteiger partial charge on any atom is 0.251 e. The number of pyridine rings is 1. The number of H-pyrrole nitrogens is 1. The molecule has 1 amide bonds. The van der Waals surface area contributed by atoms with E-state index in [2.05, 4.69) is 66.3 Å². The molecule has 2 aromatic heterocycles. The molecule has 3 heterocycles. The van der Waals surface area contributed by atoms with Gasteiger partial charge in [0.1, 0.15) is 0 Å². The lowest BCUT2D eigenvalue weighted by atomic mass is 9.71. The summed E-state index contributed by atoms with van der Waals surface area (Å²) in [6, 6.07) is 8.85. The number of aromatic amines is 1. The maximum atomic E-state index is 12.5.